The lowest BCUT2D eigenvalue weighted by atomic mass is 9.85. The number of aryl methyl sites for hydroxylation is 2. The van der Waals surface area contributed by atoms with Crippen molar-refractivity contribution in [2.24, 2.45) is 0 Å². The van der Waals surface area contributed by atoms with E-state index in [2.05, 4.69) is 30.4 Å². The summed E-state index contributed by atoms with van der Waals surface area (Å²) in [5, 5.41) is 0. The molecule has 25 heavy (non-hydrogen) atoms. The fraction of sp³-hybridized carbons (Fsp3) is 0.684. The van der Waals surface area contributed by atoms with Crippen molar-refractivity contribution in [3.8, 4) is 0 Å². The van der Waals surface area contributed by atoms with E-state index in [1.165, 1.54) is 0 Å². The van der Waals surface area contributed by atoms with E-state index in [4.69, 9.17) is 4.74 Å². The molecule has 1 heterocycles. The zero-order valence-corrected chi connectivity index (χ0v) is 17.0. The van der Waals surface area contributed by atoms with Gasteiger partial charge in [0, 0.05) is 19.6 Å². The molecule has 0 atom stereocenters. The Morgan fingerprint density at radius 2 is 1.68 bits per heavy atom. The second-order valence-electron chi connectivity index (χ2n) is 7.89. The van der Waals surface area contributed by atoms with Crippen LogP contribution in [-0.2, 0) is 20.2 Å². The lowest BCUT2D eigenvalue weighted by Gasteiger charge is -2.26. The Hall–Kier alpha value is -0.950. The minimum absolute atomic E-state index is 0.00337. The number of hydrogen-bond donors (Lipinski definition) is 1. The molecule has 1 fully saturated rings. The highest BCUT2D eigenvalue weighted by atomic mass is 32.2. The molecule has 142 valence electrons. The first-order chi connectivity index (χ1) is 11.6. The summed E-state index contributed by atoms with van der Waals surface area (Å²) in [5.41, 5.74) is 2.79. The summed E-state index contributed by atoms with van der Waals surface area (Å²) < 4.78 is 33.6. The number of nitrogens with zero attached hydrogens (tertiary/aromatic N) is 1. The monoisotopic (exact) mass is 368 g/mol. The Balaban J connectivity index is 2.01. The van der Waals surface area contributed by atoms with Crippen molar-refractivity contribution in [1.82, 2.24) is 9.62 Å². The number of ether oxygens (including phenoxy) is 1. The Bertz CT molecular complexity index is 664. The Morgan fingerprint density at radius 1 is 1.12 bits per heavy atom. The summed E-state index contributed by atoms with van der Waals surface area (Å²) in [6.45, 7) is 14.9. The van der Waals surface area contributed by atoms with E-state index in [9.17, 15) is 8.42 Å². The summed E-state index contributed by atoms with van der Waals surface area (Å²) in [4.78, 5) is 2.73. The van der Waals surface area contributed by atoms with Crippen LogP contribution in [0.2, 0.25) is 0 Å². The van der Waals surface area contributed by atoms with Gasteiger partial charge in [0.1, 0.15) is 0 Å². The first-order valence-corrected chi connectivity index (χ1v) is 10.5. The standard InChI is InChI=1S/C19H32N2O3S/c1-15-13-17(19(3,4)5)14-16(2)18(15)25(22,23)20-7-6-8-21-9-11-24-12-10-21/h13-14,20H,6-12H2,1-5H3. The van der Waals surface area contributed by atoms with Crippen molar-refractivity contribution in [3.05, 3.63) is 28.8 Å². The lowest BCUT2D eigenvalue weighted by Crippen LogP contribution is -2.38. The summed E-state index contributed by atoms with van der Waals surface area (Å²) in [7, 11) is -3.48. The van der Waals surface area contributed by atoms with Crippen molar-refractivity contribution in [2.45, 2.75) is 51.3 Å². The molecule has 0 aliphatic carbocycles. The van der Waals surface area contributed by atoms with E-state index in [1.54, 1.807) is 0 Å². The molecule has 0 aromatic heterocycles. The van der Waals surface area contributed by atoms with Gasteiger partial charge in [-0.2, -0.15) is 0 Å². The molecule has 0 bridgehead atoms. The maximum atomic E-state index is 12.7. The molecule has 5 nitrogen and oxygen atoms in total. The molecular weight excluding hydrogens is 336 g/mol. The Morgan fingerprint density at radius 3 is 2.20 bits per heavy atom. The third-order valence-electron chi connectivity index (χ3n) is 4.64. The number of rotatable bonds is 6. The maximum Gasteiger partial charge on any atom is 0.241 e. The first kappa shape index (κ1) is 20.4. The van der Waals surface area contributed by atoms with Crippen LogP contribution in [0.5, 0.6) is 0 Å². The molecule has 0 radical (unpaired) electrons. The van der Waals surface area contributed by atoms with Crippen LogP contribution in [0.25, 0.3) is 0 Å². The molecule has 0 saturated carbocycles. The largest absolute Gasteiger partial charge is 0.379 e. The average molecular weight is 369 g/mol. The number of nitrogens with one attached hydrogen (secondary N) is 1. The molecule has 1 aliphatic rings. The van der Waals surface area contributed by atoms with Crippen molar-refractivity contribution >= 4 is 10.0 Å². The number of sulfonamides is 1. The van der Waals surface area contributed by atoms with Gasteiger partial charge < -0.3 is 4.74 Å². The second-order valence-corrected chi connectivity index (χ2v) is 9.60. The van der Waals surface area contributed by atoms with Gasteiger partial charge >= 0.3 is 0 Å². The molecule has 2 rings (SSSR count). The zero-order valence-electron chi connectivity index (χ0n) is 16.2. The topological polar surface area (TPSA) is 58.6 Å². The maximum absolute atomic E-state index is 12.7. The van der Waals surface area contributed by atoms with Gasteiger partial charge in [-0.25, -0.2) is 13.1 Å². The molecule has 0 amide bonds. The van der Waals surface area contributed by atoms with Crippen LogP contribution in [0.3, 0.4) is 0 Å². The van der Waals surface area contributed by atoms with Crippen molar-refractivity contribution in [1.29, 1.82) is 0 Å². The predicted octanol–water partition coefficient (Wildman–Crippen LogP) is 2.60. The summed E-state index contributed by atoms with van der Waals surface area (Å²) in [5.74, 6) is 0. The molecule has 1 aromatic rings. The SMILES string of the molecule is Cc1cc(C(C)(C)C)cc(C)c1S(=O)(=O)NCCCN1CCOCC1. The van der Waals surface area contributed by atoms with Crippen molar-refractivity contribution < 1.29 is 13.2 Å². The molecule has 1 aliphatic heterocycles. The molecule has 0 unspecified atom stereocenters. The van der Waals surface area contributed by atoms with E-state index in [0.29, 0.717) is 11.4 Å². The predicted molar refractivity (Wildman–Crippen MR) is 102 cm³/mol. The van der Waals surface area contributed by atoms with Gasteiger partial charge in [0.25, 0.3) is 0 Å². The number of hydrogen-bond acceptors (Lipinski definition) is 4. The van der Waals surface area contributed by atoms with Gasteiger partial charge in [0.05, 0.1) is 18.1 Å². The van der Waals surface area contributed by atoms with Gasteiger partial charge in [-0.3, -0.25) is 4.90 Å². The molecule has 1 N–H and O–H groups in total. The van der Waals surface area contributed by atoms with Crippen LogP contribution in [0.15, 0.2) is 17.0 Å². The van der Waals surface area contributed by atoms with Crippen LogP contribution in [0.1, 0.15) is 43.9 Å². The third-order valence-corrected chi connectivity index (χ3v) is 6.41. The molecule has 0 spiro atoms. The first-order valence-electron chi connectivity index (χ1n) is 9.03. The van der Waals surface area contributed by atoms with Gasteiger partial charge in [-0.15, -0.1) is 0 Å². The number of benzene rings is 1. The normalized spacial score (nSPS) is 17.0. The molecule has 1 saturated heterocycles. The van der Waals surface area contributed by atoms with Gasteiger partial charge in [-0.05, 0) is 48.9 Å². The summed E-state index contributed by atoms with van der Waals surface area (Å²) in [6, 6.07) is 3.99. The second kappa shape index (κ2) is 8.16. The minimum Gasteiger partial charge on any atom is -0.379 e. The molecular formula is C19H32N2O3S. The summed E-state index contributed by atoms with van der Waals surface area (Å²) >= 11 is 0. The number of morpholine rings is 1. The zero-order chi connectivity index (χ0) is 18.7. The van der Waals surface area contributed by atoms with Crippen LogP contribution in [0.4, 0.5) is 0 Å². The smallest absolute Gasteiger partial charge is 0.241 e. The highest BCUT2D eigenvalue weighted by Crippen LogP contribution is 2.29. The van der Waals surface area contributed by atoms with Gasteiger partial charge in [-0.1, -0.05) is 32.9 Å². The highest BCUT2D eigenvalue weighted by Gasteiger charge is 2.23. The van der Waals surface area contributed by atoms with Crippen molar-refractivity contribution in [2.75, 3.05) is 39.4 Å². The fourth-order valence-electron chi connectivity index (χ4n) is 3.21. The average Bonchev–Trinajstić information content (AvgIpc) is 2.51. The highest BCUT2D eigenvalue weighted by molar-refractivity contribution is 7.89. The van der Waals surface area contributed by atoms with Crippen LogP contribution >= 0.6 is 0 Å². The third kappa shape index (κ3) is 5.51. The van der Waals surface area contributed by atoms with Crippen LogP contribution < -0.4 is 4.72 Å². The van der Waals surface area contributed by atoms with E-state index in [1.807, 2.05) is 26.0 Å². The Kier molecular flexibility index (Phi) is 6.65. The fourth-order valence-corrected chi connectivity index (χ4v) is 4.74. The summed E-state index contributed by atoms with van der Waals surface area (Å²) in [6.07, 6.45) is 0.803. The molecule has 6 heteroatoms. The van der Waals surface area contributed by atoms with Crippen LogP contribution in [0, 0.1) is 13.8 Å². The van der Waals surface area contributed by atoms with Crippen molar-refractivity contribution in [3.63, 3.8) is 0 Å². The Labute approximate surface area is 152 Å². The lowest BCUT2D eigenvalue weighted by molar-refractivity contribution is 0.0376. The van der Waals surface area contributed by atoms with E-state index >= 15 is 0 Å². The van der Waals surface area contributed by atoms with Crippen LogP contribution in [-0.4, -0.2) is 52.7 Å². The van der Waals surface area contributed by atoms with E-state index < -0.39 is 10.0 Å². The van der Waals surface area contributed by atoms with E-state index in [0.717, 1.165) is 56.0 Å². The van der Waals surface area contributed by atoms with Gasteiger partial charge in [0.15, 0.2) is 0 Å². The van der Waals surface area contributed by atoms with E-state index in [-0.39, 0.29) is 5.41 Å². The quantitative estimate of drug-likeness (QED) is 0.784. The van der Waals surface area contributed by atoms with Gasteiger partial charge in [0.2, 0.25) is 10.0 Å². The molecule has 1 aromatic carbocycles. The minimum atomic E-state index is -3.48.